The summed E-state index contributed by atoms with van der Waals surface area (Å²) in [6, 6.07) is 1.90. The van der Waals surface area contributed by atoms with Gasteiger partial charge < -0.3 is 10.2 Å². The van der Waals surface area contributed by atoms with Crippen molar-refractivity contribution in [1.82, 2.24) is 14.7 Å². The number of thiophene rings is 1. The third-order valence-electron chi connectivity index (χ3n) is 5.25. The number of aromatic nitrogens is 2. The first-order valence-corrected chi connectivity index (χ1v) is 10.3. The van der Waals surface area contributed by atoms with Gasteiger partial charge in [0.1, 0.15) is 0 Å². The van der Waals surface area contributed by atoms with Gasteiger partial charge in [-0.2, -0.15) is 5.10 Å². The second kappa shape index (κ2) is 7.70. The average Bonchev–Trinajstić information content (AvgIpc) is 3.35. The molecule has 2 aromatic heterocycles. The van der Waals surface area contributed by atoms with Crippen LogP contribution in [0.5, 0.6) is 0 Å². The number of amides is 1. The molecule has 1 N–H and O–H groups in total. The first-order chi connectivity index (χ1) is 12.3. The fraction of sp³-hybridized carbons (Fsp3) is 0.579. The minimum atomic E-state index is -0.00420. The van der Waals surface area contributed by atoms with E-state index in [1.165, 1.54) is 49.9 Å². The van der Waals surface area contributed by atoms with Gasteiger partial charge in [-0.3, -0.25) is 9.48 Å². The van der Waals surface area contributed by atoms with E-state index in [1.54, 1.807) is 11.3 Å². The lowest BCUT2D eigenvalue weighted by Gasteiger charge is -2.13. The Balaban J connectivity index is 1.31. The third kappa shape index (κ3) is 3.96. The van der Waals surface area contributed by atoms with E-state index in [0.717, 1.165) is 37.2 Å². The first-order valence-electron chi connectivity index (χ1n) is 9.46. The van der Waals surface area contributed by atoms with Crippen molar-refractivity contribution in [1.29, 1.82) is 0 Å². The summed E-state index contributed by atoms with van der Waals surface area (Å²) in [5.41, 5.74) is 2.63. The summed E-state index contributed by atoms with van der Waals surface area (Å²) in [4.78, 5) is 16.0. The summed E-state index contributed by atoms with van der Waals surface area (Å²) in [6.07, 6.45) is 10.3. The van der Waals surface area contributed by atoms with Crippen LogP contribution in [0.2, 0.25) is 0 Å². The van der Waals surface area contributed by atoms with Crippen LogP contribution in [0.4, 0.5) is 5.82 Å². The lowest BCUT2D eigenvalue weighted by atomic mass is 9.94. The van der Waals surface area contributed by atoms with E-state index >= 15 is 0 Å². The van der Waals surface area contributed by atoms with Crippen molar-refractivity contribution in [3.8, 4) is 0 Å². The SMILES string of the molecule is O=C(Nc1ccn(CCCN2CCCC2)n1)c1scc2c1CCCC2. The van der Waals surface area contributed by atoms with Crippen LogP contribution >= 0.6 is 11.3 Å². The van der Waals surface area contributed by atoms with E-state index in [2.05, 4.69) is 20.7 Å². The number of aryl methyl sites for hydroxylation is 2. The monoisotopic (exact) mass is 358 g/mol. The van der Waals surface area contributed by atoms with Crippen LogP contribution in [0, 0.1) is 0 Å². The summed E-state index contributed by atoms with van der Waals surface area (Å²) in [6.45, 7) is 4.53. The molecule has 2 aromatic rings. The van der Waals surface area contributed by atoms with E-state index in [9.17, 15) is 4.79 Å². The van der Waals surface area contributed by atoms with Crippen molar-refractivity contribution in [2.45, 2.75) is 51.5 Å². The Kier molecular flexibility index (Phi) is 5.17. The molecule has 0 atom stereocenters. The largest absolute Gasteiger partial charge is 0.304 e. The summed E-state index contributed by atoms with van der Waals surface area (Å²) in [5.74, 6) is 0.652. The molecule has 1 aliphatic carbocycles. The lowest BCUT2D eigenvalue weighted by Crippen LogP contribution is -2.21. The van der Waals surface area contributed by atoms with Gasteiger partial charge in [-0.15, -0.1) is 11.3 Å². The molecule has 6 heteroatoms. The highest BCUT2D eigenvalue weighted by atomic mass is 32.1. The molecule has 4 rings (SSSR count). The normalized spacial score (nSPS) is 17.6. The molecule has 1 amide bonds. The zero-order valence-electron chi connectivity index (χ0n) is 14.7. The van der Waals surface area contributed by atoms with E-state index in [-0.39, 0.29) is 5.91 Å². The molecular formula is C19H26N4OS. The van der Waals surface area contributed by atoms with E-state index < -0.39 is 0 Å². The van der Waals surface area contributed by atoms with Crippen LogP contribution in [0.15, 0.2) is 17.6 Å². The topological polar surface area (TPSA) is 50.2 Å². The fourth-order valence-electron chi connectivity index (χ4n) is 3.90. The second-order valence-corrected chi connectivity index (χ2v) is 7.98. The van der Waals surface area contributed by atoms with Crippen LogP contribution < -0.4 is 5.32 Å². The maximum absolute atomic E-state index is 12.6. The maximum Gasteiger partial charge on any atom is 0.267 e. The highest BCUT2D eigenvalue weighted by Crippen LogP contribution is 2.30. The molecule has 25 heavy (non-hydrogen) atoms. The third-order valence-corrected chi connectivity index (χ3v) is 6.32. The van der Waals surface area contributed by atoms with Crippen molar-refractivity contribution in [2.75, 3.05) is 25.0 Å². The number of carbonyl (C=O) groups excluding carboxylic acids is 1. The molecule has 3 heterocycles. The number of nitrogens with zero attached hydrogens (tertiary/aromatic N) is 3. The molecule has 134 valence electrons. The molecule has 0 unspecified atom stereocenters. The van der Waals surface area contributed by atoms with Gasteiger partial charge in [0.2, 0.25) is 0 Å². The molecule has 0 saturated carbocycles. The number of carbonyl (C=O) groups is 1. The van der Waals surface area contributed by atoms with Crippen molar-refractivity contribution >= 4 is 23.1 Å². The molecule has 0 radical (unpaired) electrons. The molecular weight excluding hydrogens is 332 g/mol. The van der Waals surface area contributed by atoms with Gasteiger partial charge in [0.25, 0.3) is 5.91 Å². The van der Waals surface area contributed by atoms with Gasteiger partial charge in [0.05, 0.1) is 4.88 Å². The number of likely N-dealkylation sites (tertiary alicyclic amines) is 1. The highest BCUT2D eigenvalue weighted by molar-refractivity contribution is 7.12. The average molecular weight is 359 g/mol. The molecule has 2 aliphatic rings. The number of hydrogen-bond donors (Lipinski definition) is 1. The van der Waals surface area contributed by atoms with Crippen molar-refractivity contribution in [3.05, 3.63) is 33.6 Å². The predicted octanol–water partition coefficient (Wildman–Crippen LogP) is 3.56. The Morgan fingerprint density at radius 1 is 1.16 bits per heavy atom. The van der Waals surface area contributed by atoms with E-state index in [1.807, 2.05) is 16.9 Å². The Hall–Kier alpha value is -1.66. The minimum absolute atomic E-state index is 0.00420. The molecule has 0 aromatic carbocycles. The van der Waals surface area contributed by atoms with Crippen LogP contribution in [0.25, 0.3) is 0 Å². The number of anilines is 1. The predicted molar refractivity (Wildman–Crippen MR) is 101 cm³/mol. The molecule has 1 aliphatic heterocycles. The zero-order chi connectivity index (χ0) is 17.1. The van der Waals surface area contributed by atoms with E-state index in [0.29, 0.717) is 5.82 Å². The van der Waals surface area contributed by atoms with Crippen molar-refractivity contribution in [2.24, 2.45) is 0 Å². The van der Waals surface area contributed by atoms with Crippen LogP contribution in [0.1, 0.15) is 52.9 Å². The molecule has 0 bridgehead atoms. The van der Waals surface area contributed by atoms with Gasteiger partial charge >= 0.3 is 0 Å². The molecule has 5 nitrogen and oxygen atoms in total. The van der Waals surface area contributed by atoms with Gasteiger partial charge in [-0.1, -0.05) is 0 Å². The Morgan fingerprint density at radius 2 is 2.00 bits per heavy atom. The first kappa shape index (κ1) is 16.8. The van der Waals surface area contributed by atoms with Gasteiger partial charge in [-0.05, 0) is 81.1 Å². The molecule has 1 fully saturated rings. The summed E-state index contributed by atoms with van der Waals surface area (Å²) in [5, 5.41) is 9.64. The minimum Gasteiger partial charge on any atom is -0.304 e. The lowest BCUT2D eigenvalue weighted by molar-refractivity contribution is 0.102. The van der Waals surface area contributed by atoms with Crippen LogP contribution in [-0.4, -0.2) is 40.2 Å². The number of nitrogens with one attached hydrogen (secondary N) is 1. The summed E-state index contributed by atoms with van der Waals surface area (Å²) < 4.78 is 1.94. The quantitative estimate of drug-likeness (QED) is 0.859. The van der Waals surface area contributed by atoms with Crippen LogP contribution in [0.3, 0.4) is 0 Å². The maximum atomic E-state index is 12.6. The van der Waals surface area contributed by atoms with Crippen molar-refractivity contribution < 1.29 is 4.79 Å². The van der Waals surface area contributed by atoms with Crippen LogP contribution in [-0.2, 0) is 19.4 Å². The standard InChI is InChI=1S/C19H26N4OS/c24-19(18-16-7-2-1-6-15(16)14-25-18)20-17-8-13-23(21-17)12-5-11-22-9-3-4-10-22/h8,13-14H,1-7,9-12H2,(H,20,21,24). The summed E-state index contributed by atoms with van der Waals surface area (Å²) in [7, 11) is 0. The van der Waals surface area contributed by atoms with Gasteiger partial charge in [0, 0.05) is 18.8 Å². The molecule has 0 spiro atoms. The Labute approximate surface area is 153 Å². The molecule has 1 saturated heterocycles. The second-order valence-electron chi connectivity index (χ2n) is 7.10. The van der Waals surface area contributed by atoms with E-state index in [4.69, 9.17) is 0 Å². The Morgan fingerprint density at radius 3 is 2.88 bits per heavy atom. The van der Waals surface area contributed by atoms with Gasteiger partial charge in [-0.25, -0.2) is 0 Å². The summed E-state index contributed by atoms with van der Waals surface area (Å²) >= 11 is 1.58. The number of rotatable bonds is 6. The van der Waals surface area contributed by atoms with Crippen molar-refractivity contribution in [3.63, 3.8) is 0 Å². The number of fused-ring (bicyclic) bond motifs is 1. The highest BCUT2D eigenvalue weighted by Gasteiger charge is 2.20. The number of hydrogen-bond acceptors (Lipinski definition) is 4. The van der Waals surface area contributed by atoms with Gasteiger partial charge in [0.15, 0.2) is 5.82 Å². The fourth-order valence-corrected chi connectivity index (χ4v) is 4.95. The zero-order valence-corrected chi connectivity index (χ0v) is 15.5. The Bertz CT molecular complexity index is 730. The smallest absolute Gasteiger partial charge is 0.267 e.